The maximum Gasteiger partial charge on any atom is 0.326 e. The van der Waals surface area contributed by atoms with Crippen LogP contribution in [-0.2, 0) is 0 Å². The number of benzene rings is 1. The Hall–Kier alpha value is -2.47. The molecule has 2 aromatic rings. The third-order valence-corrected chi connectivity index (χ3v) is 3.92. The lowest BCUT2D eigenvalue weighted by Gasteiger charge is -2.08. The molecule has 0 aliphatic carbocycles. The van der Waals surface area contributed by atoms with Crippen molar-refractivity contribution in [1.82, 2.24) is 0 Å². The predicted octanol–water partition coefficient (Wildman–Crippen LogP) is 3.13. The van der Waals surface area contributed by atoms with E-state index in [1.165, 1.54) is 11.3 Å². The van der Waals surface area contributed by atoms with E-state index in [4.69, 9.17) is 0 Å². The van der Waals surface area contributed by atoms with Gasteiger partial charge in [-0.25, -0.2) is 4.99 Å². The zero-order valence-electron chi connectivity index (χ0n) is 10.4. The molecule has 5 nitrogen and oxygen atoms in total. The van der Waals surface area contributed by atoms with Gasteiger partial charge in [0.1, 0.15) is 5.70 Å². The molecule has 1 aliphatic rings. The summed E-state index contributed by atoms with van der Waals surface area (Å²) < 4.78 is 0. The van der Waals surface area contributed by atoms with Gasteiger partial charge in [0, 0.05) is 5.56 Å². The summed E-state index contributed by atoms with van der Waals surface area (Å²) in [7, 11) is 0. The van der Waals surface area contributed by atoms with E-state index in [1.54, 1.807) is 0 Å². The Bertz CT molecular complexity index is 706. The van der Waals surface area contributed by atoms with Gasteiger partial charge in [0.25, 0.3) is 0 Å². The molecule has 2 heterocycles. The number of nitro groups is 1. The second-order valence-corrected chi connectivity index (χ2v) is 5.23. The van der Waals surface area contributed by atoms with Crippen molar-refractivity contribution in [1.29, 1.82) is 0 Å². The van der Waals surface area contributed by atoms with Gasteiger partial charge in [-0.05, 0) is 11.4 Å². The number of rotatable bonds is 2. The molecule has 100 valence electrons. The Morgan fingerprint density at radius 3 is 2.75 bits per heavy atom. The molecule has 0 spiro atoms. The summed E-state index contributed by atoms with van der Waals surface area (Å²) in [5.74, 6) is 0. The van der Waals surface area contributed by atoms with Crippen LogP contribution in [0.5, 0.6) is 0 Å². The number of thiophene rings is 1. The first-order chi connectivity index (χ1) is 9.66. The van der Waals surface area contributed by atoms with E-state index >= 15 is 0 Å². The number of fused-ring (bicyclic) bond motifs is 1. The fourth-order valence-corrected chi connectivity index (χ4v) is 2.93. The van der Waals surface area contributed by atoms with Gasteiger partial charge in [-0.1, -0.05) is 36.9 Å². The van der Waals surface area contributed by atoms with Crippen LogP contribution in [0.1, 0.15) is 10.4 Å². The minimum atomic E-state index is -1.09. The molecule has 20 heavy (non-hydrogen) atoms. The summed E-state index contributed by atoms with van der Waals surface area (Å²) in [6, 6.07) is 11.4. The predicted molar refractivity (Wildman–Crippen MR) is 79.9 cm³/mol. The van der Waals surface area contributed by atoms with Crippen LogP contribution in [0.2, 0.25) is 0 Å². The molecule has 0 saturated heterocycles. The van der Waals surface area contributed by atoms with Crippen LogP contribution in [0, 0.1) is 10.1 Å². The molecule has 1 N–H and O–H groups in total. The summed E-state index contributed by atoms with van der Waals surface area (Å²) >= 11 is 1.50. The first-order valence-corrected chi connectivity index (χ1v) is 6.85. The normalized spacial score (nSPS) is 17.7. The molecule has 0 amide bonds. The third-order valence-electron chi connectivity index (χ3n) is 3.00. The maximum absolute atomic E-state index is 11.1. The van der Waals surface area contributed by atoms with E-state index in [2.05, 4.69) is 16.9 Å². The molecule has 1 atom stereocenters. The van der Waals surface area contributed by atoms with E-state index < -0.39 is 11.1 Å². The number of nitrogens with one attached hydrogen (secondary N) is 1. The summed E-state index contributed by atoms with van der Waals surface area (Å²) in [5.41, 5.74) is 2.57. The Labute approximate surface area is 119 Å². The van der Waals surface area contributed by atoms with Crippen molar-refractivity contribution < 1.29 is 4.92 Å². The van der Waals surface area contributed by atoms with Crippen LogP contribution >= 0.6 is 11.3 Å². The molecule has 6 heteroatoms. The lowest BCUT2D eigenvalue weighted by molar-refractivity contribution is -0.504. The molecule has 0 fully saturated rings. The standard InChI is InChI=1S/C14H11N3O2S/c1-9-14(17(18)19)16-11-7-8-20-13(11)12(15-9)10-5-3-2-4-6-10/h2-8,14,16H,1H2. The minimum absolute atomic E-state index is 0.206. The molecular weight excluding hydrogens is 274 g/mol. The quantitative estimate of drug-likeness (QED) is 0.681. The number of hydrogen-bond donors (Lipinski definition) is 1. The van der Waals surface area contributed by atoms with Crippen LogP contribution in [0.4, 0.5) is 5.69 Å². The summed E-state index contributed by atoms with van der Waals surface area (Å²) in [5, 5.41) is 15.9. The van der Waals surface area contributed by atoms with E-state index in [-0.39, 0.29) is 5.70 Å². The number of nitrogens with zero attached hydrogens (tertiary/aromatic N) is 2. The van der Waals surface area contributed by atoms with Gasteiger partial charge in [-0.3, -0.25) is 10.1 Å². The van der Waals surface area contributed by atoms with Crippen LogP contribution in [0.3, 0.4) is 0 Å². The first-order valence-electron chi connectivity index (χ1n) is 5.97. The number of hydrogen-bond acceptors (Lipinski definition) is 5. The van der Waals surface area contributed by atoms with Crippen molar-refractivity contribution >= 4 is 22.7 Å². The highest BCUT2D eigenvalue weighted by Crippen LogP contribution is 2.31. The highest BCUT2D eigenvalue weighted by molar-refractivity contribution is 7.13. The highest BCUT2D eigenvalue weighted by atomic mass is 32.1. The third kappa shape index (κ3) is 2.10. The van der Waals surface area contributed by atoms with E-state index in [0.717, 1.165) is 21.8 Å². The lowest BCUT2D eigenvalue weighted by atomic mass is 10.1. The molecule has 0 saturated carbocycles. The van der Waals surface area contributed by atoms with E-state index in [1.807, 2.05) is 41.8 Å². The minimum Gasteiger partial charge on any atom is -0.317 e. The van der Waals surface area contributed by atoms with E-state index in [9.17, 15) is 10.1 Å². The Balaban J connectivity index is 2.16. The average Bonchev–Trinajstić information content (AvgIpc) is 2.85. The van der Waals surface area contributed by atoms with Gasteiger partial charge in [0.05, 0.1) is 21.2 Å². The van der Waals surface area contributed by atoms with Crippen molar-refractivity contribution in [2.45, 2.75) is 6.17 Å². The molecular formula is C14H11N3O2S. The largest absolute Gasteiger partial charge is 0.326 e. The average molecular weight is 285 g/mol. The molecule has 1 unspecified atom stereocenters. The second-order valence-electron chi connectivity index (χ2n) is 4.31. The van der Waals surface area contributed by atoms with E-state index in [0.29, 0.717) is 0 Å². The fourth-order valence-electron chi connectivity index (χ4n) is 2.06. The molecule has 0 radical (unpaired) electrons. The van der Waals surface area contributed by atoms with Gasteiger partial charge in [0.15, 0.2) is 0 Å². The van der Waals surface area contributed by atoms with Gasteiger partial charge in [-0.15, -0.1) is 11.3 Å². The van der Waals surface area contributed by atoms with Crippen molar-refractivity contribution in [3.63, 3.8) is 0 Å². The monoisotopic (exact) mass is 285 g/mol. The van der Waals surface area contributed by atoms with Crippen LogP contribution < -0.4 is 5.32 Å². The van der Waals surface area contributed by atoms with Gasteiger partial charge in [-0.2, -0.15) is 0 Å². The summed E-state index contributed by atoms with van der Waals surface area (Å²) in [4.78, 5) is 16.0. The lowest BCUT2D eigenvalue weighted by Crippen LogP contribution is -2.29. The molecule has 1 aromatic carbocycles. The topological polar surface area (TPSA) is 67.5 Å². The molecule has 3 rings (SSSR count). The Kier molecular flexibility index (Phi) is 3.08. The highest BCUT2D eigenvalue weighted by Gasteiger charge is 2.30. The van der Waals surface area contributed by atoms with Gasteiger partial charge in [0.2, 0.25) is 0 Å². The van der Waals surface area contributed by atoms with Crippen molar-refractivity contribution in [3.8, 4) is 0 Å². The van der Waals surface area contributed by atoms with Crippen LogP contribution in [-0.4, -0.2) is 16.8 Å². The van der Waals surface area contributed by atoms with Gasteiger partial charge < -0.3 is 5.32 Å². The smallest absolute Gasteiger partial charge is 0.317 e. The second kappa shape index (κ2) is 4.90. The van der Waals surface area contributed by atoms with Crippen molar-refractivity contribution in [2.75, 3.05) is 5.32 Å². The van der Waals surface area contributed by atoms with Crippen LogP contribution in [0.25, 0.3) is 0 Å². The molecule has 1 aliphatic heterocycles. The van der Waals surface area contributed by atoms with Crippen molar-refractivity contribution in [2.24, 2.45) is 4.99 Å². The number of anilines is 1. The Morgan fingerprint density at radius 1 is 1.30 bits per heavy atom. The zero-order valence-corrected chi connectivity index (χ0v) is 11.3. The maximum atomic E-state index is 11.1. The Morgan fingerprint density at radius 2 is 2.05 bits per heavy atom. The number of aliphatic imine (C=N–C) groups is 1. The van der Waals surface area contributed by atoms with Gasteiger partial charge >= 0.3 is 6.17 Å². The summed E-state index contributed by atoms with van der Waals surface area (Å²) in [6.45, 7) is 3.73. The SMILES string of the molecule is C=C1N=C(c2ccccc2)c2sccc2NC1[N+](=O)[O-]. The zero-order chi connectivity index (χ0) is 14.1. The summed E-state index contributed by atoms with van der Waals surface area (Å²) in [6.07, 6.45) is -1.09. The molecule has 0 bridgehead atoms. The first kappa shape index (κ1) is 12.6. The van der Waals surface area contributed by atoms with Crippen molar-refractivity contribution in [3.05, 3.63) is 74.6 Å². The van der Waals surface area contributed by atoms with Crippen LogP contribution in [0.15, 0.2) is 59.0 Å². The fraction of sp³-hybridized carbons (Fsp3) is 0.0714. The molecule has 1 aromatic heterocycles.